The number of anilines is 1. The minimum atomic E-state index is -0.341. The van der Waals surface area contributed by atoms with Crippen LogP contribution in [0.25, 0.3) is 0 Å². The molecule has 112 valence electrons. The zero-order valence-electron chi connectivity index (χ0n) is 12.9. The molecule has 1 aromatic rings. The fraction of sp³-hybridized carbons (Fsp3) is 0.647. The summed E-state index contributed by atoms with van der Waals surface area (Å²) in [5.74, 6) is 0. The van der Waals surface area contributed by atoms with Crippen LogP contribution in [0, 0.1) is 0 Å². The average Bonchev–Trinajstić information content (AvgIpc) is 2.50. The van der Waals surface area contributed by atoms with Gasteiger partial charge >= 0.3 is 0 Å². The molecule has 1 aliphatic rings. The van der Waals surface area contributed by atoms with Crippen molar-refractivity contribution in [3.8, 4) is 0 Å². The van der Waals surface area contributed by atoms with Crippen molar-refractivity contribution in [3.63, 3.8) is 0 Å². The fourth-order valence-corrected chi connectivity index (χ4v) is 2.75. The number of aryl methyl sites for hydroxylation is 1. The molecule has 0 fully saturated rings. The van der Waals surface area contributed by atoms with Crippen LogP contribution in [0.15, 0.2) is 18.2 Å². The van der Waals surface area contributed by atoms with E-state index in [4.69, 9.17) is 0 Å². The van der Waals surface area contributed by atoms with Gasteiger partial charge in [0.2, 0.25) is 0 Å². The molecular weight excluding hydrogens is 248 g/mol. The molecule has 1 unspecified atom stereocenters. The number of nitrogens with one attached hydrogen (secondary N) is 1. The Morgan fingerprint density at radius 1 is 1.35 bits per heavy atom. The standard InChI is InChI=1S/C17H28N2O/c1-3-4-11-19(2)12-9-17(20)15-7-8-16-14(13-15)6-5-10-18-16/h7-8,13,17-18,20H,3-6,9-12H2,1-2H3. The van der Waals surface area contributed by atoms with Crippen molar-refractivity contribution in [2.75, 3.05) is 32.0 Å². The zero-order valence-corrected chi connectivity index (χ0v) is 12.9. The van der Waals surface area contributed by atoms with Gasteiger partial charge in [-0.05, 0) is 56.5 Å². The summed E-state index contributed by atoms with van der Waals surface area (Å²) in [5.41, 5.74) is 3.66. The van der Waals surface area contributed by atoms with Gasteiger partial charge in [-0.15, -0.1) is 0 Å². The van der Waals surface area contributed by atoms with E-state index in [9.17, 15) is 5.11 Å². The third kappa shape index (κ3) is 4.22. The average molecular weight is 276 g/mol. The third-order valence-electron chi connectivity index (χ3n) is 4.13. The van der Waals surface area contributed by atoms with Crippen LogP contribution in [0.5, 0.6) is 0 Å². The highest BCUT2D eigenvalue weighted by Crippen LogP contribution is 2.26. The first kappa shape index (κ1) is 15.3. The largest absolute Gasteiger partial charge is 0.388 e. The van der Waals surface area contributed by atoms with E-state index in [2.05, 4.69) is 42.4 Å². The van der Waals surface area contributed by atoms with Crippen molar-refractivity contribution >= 4 is 5.69 Å². The summed E-state index contributed by atoms with van der Waals surface area (Å²) in [6, 6.07) is 6.36. The highest BCUT2D eigenvalue weighted by Gasteiger charge is 2.13. The Kier molecular flexibility index (Phi) is 5.86. The van der Waals surface area contributed by atoms with Crippen molar-refractivity contribution in [2.24, 2.45) is 0 Å². The monoisotopic (exact) mass is 276 g/mol. The van der Waals surface area contributed by atoms with Gasteiger partial charge in [0.25, 0.3) is 0 Å². The zero-order chi connectivity index (χ0) is 14.4. The second-order valence-electron chi connectivity index (χ2n) is 5.91. The number of aliphatic hydroxyl groups is 1. The fourth-order valence-electron chi connectivity index (χ4n) is 2.75. The molecule has 1 aromatic carbocycles. The quantitative estimate of drug-likeness (QED) is 0.803. The summed E-state index contributed by atoms with van der Waals surface area (Å²) in [6.45, 7) is 5.36. The molecule has 1 heterocycles. The van der Waals surface area contributed by atoms with Crippen molar-refractivity contribution in [1.29, 1.82) is 0 Å². The number of nitrogens with zero attached hydrogens (tertiary/aromatic N) is 1. The van der Waals surface area contributed by atoms with E-state index < -0.39 is 0 Å². The lowest BCUT2D eigenvalue weighted by atomic mass is 9.97. The molecule has 20 heavy (non-hydrogen) atoms. The summed E-state index contributed by atoms with van der Waals surface area (Å²) in [5, 5.41) is 13.8. The molecule has 1 atom stereocenters. The van der Waals surface area contributed by atoms with E-state index >= 15 is 0 Å². The van der Waals surface area contributed by atoms with E-state index in [1.807, 2.05) is 0 Å². The first-order chi connectivity index (χ1) is 9.70. The van der Waals surface area contributed by atoms with Gasteiger partial charge in [0.1, 0.15) is 0 Å². The summed E-state index contributed by atoms with van der Waals surface area (Å²) in [6.07, 6.45) is 5.24. The van der Waals surface area contributed by atoms with Crippen LogP contribution in [0.2, 0.25) is 0 Å². The summed E-state index contributed by atoms with van der Waals surface area (Å²) in [7, 11) is 2.14. The van der Waals surface area contributed by atoms with E-state index in [1.54, 1.807) is 0 Å². The van der Waals surface area contributed by atoms with Crippen molar-refractivity contribution in [2.45, 2.75) is 45.1 Å². The van der Waals surface area contributed by atoms with Crippen LogP contribution in [0.3, 0.4) is 0 Å². The Morgan fingerprint density at radius 3 is 3.00 bits per heavy atom. The maximum absolute atomic E-state index is 10.3. The van der Waals surface area contributed by atoms with E-state index in [-0.39, 0.29) is 6.10 Å². The predicted octanol–water partition coefficient (Wildman–Crippen LogP) is 3.20. The van der Waals surface area contributed by atoms with E-state index in [0.29, 0.717) is 0 Å². The molecule has 0 amide bonds. The molecule has 0 bridgehead atoms. The summed E-state index contributed by atoms with van der Waals surface area (Å²) >= 11 is 0. The van der Waals surface area contributed by atoms with Gasteiger partial charge in [-0.1, -0.05) is 25.5 Å². The van der Waals surface area contributed by atoms with Crippen molar-refractivity contribution in [3.05, 3.63) is 29.3 Å². The summed E-state index contributed by atoms with van der Waals surface area (Å²) in [4.78, 5) is 2.31. The van der Waals surface area contributed by atoms with Crippen LogP contribution in [-0.4, -0.2) is 36.7 Å². The molecule has 3 nitrogen and oxygen atoms in total. The molecule has 2 N–H and O–H groups in total. The molecule has 0 aromatic heterocycles. The van der Waals surface area contributed by atoms with E-state index in [0.717, 1.165) is 38.0 Å². The van der Waals surface area contributed by atoms with Crippen LogP contribution in [0.4, 0.5) is 5.69 Å². The first-order valence-corrected chi connectivity index (χ1v) is 7.94. The third-order valence-corrected chi connectivity index (χ3v) is 4.13. The number of fused-ring (bicyclic) bond motifs is 1. The molecule has 0 saturated carbocycles. The smallest absolute Gasteiger partial charge is 0.0802 e. The molecule has 2 rings (SSSR count). The Labute approximate surface area is 123 Å². The number of aliphatic hydroxyl groups excluding tert-OH is 1. The lowest BCUT2D eigenvalue weighted by Gasteiger charge is -2.22. The van der Waals surface area contributed by atoms with Crippen LogP contribution >= 0.6 is 0 Å². The predicted molar refractivity (Wildman–Crippen MR) is 85.2 cm³/mol. The topological polar surface area (TPSA) is 35.5 Å². The van der Waals surface area contributed by atoms with Gasteiger partial charge in [0.05, 0.1) is 6.10 Å². The maximum atomic E-state index is 10.3. The first-order valence-electron chi connectivity index (χ1n) is 7.94. The second kappa shape index (κ2) is 7.65. The lowest BCUT2D eigenvalue weighted by Crippen LogP contribution is -2.22. The molecule has 0 aliphatic carbocycles. The van der Waals surface area contributed by atoms with Gasteiger partial charge in [-0.25, -0.2) is 0 Å². The Hall–Kier alpha value is -1.06. The number of hydrogen-bond acceptors (Lipinski definition) is 3. The normalized spacial score (nSPS) is 15.8. The maximum Gasteiger partial charge on any atom is 0.0802 e. The highest BCUT2D eigenvalue weighted by atomic mass is 16.3. The Balaban J connectivity index is 1.87. The molecule has 0 radical (unpaired) electrons. The van der Waals surface area contributed by atoms with Crippen LogP contribution in [0.1, 0.15) is 49.8 Å². The Bertz CT molecular complexity index is 419. The summed E-state index contributed by atoms with van der Waals surface area (Å²) < 4.78 is 0. The second-order valence-corrected chi connectivity index (χ2v) is 5.91. The molecule has 1 aliphatic heterocycles. The number of unbranched alkanes of at least 4 members (excludes halogenated alkanes) is 1. The van der Waals surface area contributed by atoms with E-state index in [1.165, 1.54) is 30.5 Å². The van der Waals surface area contributed by atoms with Gasteiger partial charge in [0.15, 0.2) is 0 Å². The Morgan fingerprint density at radius 2 is 2.20 bits per heavy atom. The minimum Gasteiger partial charge on any atom is -0.388 e. The number of rotatable bonds is 7. The molecule has 0 saturated heterocycles. The van der Waals surface area contributed by atoms with Crippen LogP contribution in [-0.2, 0) is 6.42 Å². The number of hydrogen-bond donors (Lipinski definition) is 2. The van der Waals surface area contributed by atoms with Gasteiger partial charge in [0, 0.05) is 18.8 Å². The van der Waals surface area contributed by atoms with Gasteiger partial charge < -0.3 is 15.3 Å². The van der Waals surface area contributed by atoms with Gasteiger partial charge in [-0.3, -0.25) is 0 Å². The molecule has 3 heteroatoms. The van der Waals surface area contributed by atoms with Crippen molar-refractivity contribution < 1.29 is 5.11 Å². The SMILES string of the molecule is CCCCN(C)CCC(O)c1ccc2c(c1)CCCN2. The van der Waals surface area contributed by atoms with Crippen molar-refractivity contribution in [1.82, 2.24) is 4.90 Å². The number of benzene rings is 1. The van der Waals surface area contributed by atoms with Crippen LogP contribution < -0.4 is 5.32 Å². The molecular formula is C17H28N2O. The minimum absolute atomic E-state index is 0.341. The molecule has 0 spiro atoms. The highest BCUT2D eigenvalue weighted by molar-refractivity contribution is 5.54. The lowest BCUT2D eigenvalue weighted by molar-refractivity contribution is 0.148. The van der Waals surface area contributed by atoms with Gasteiger partial charge in [-0.2, -0.15) is 0 Å².